The molecule has 0 N–H and O–H groups in total. The minimum absolute atomic E-state index is 0.883. The molecule has 0 saturated carbocycles. The van der Waals surface area contributed by atoms with Crippen molar-refractivity contribution in [2.75, 3.05) is 0 Å². The predicted octanol–water partition coefficient (Wildman–Crippen LogP) is 10.5. The summed E-state index contributed by atoms with van der Waals surface area (Å²) in [6.07, 6.45) is 3.68. The molecular weight excluding hydrogens is 548 g/mol. The topological polar surface area (TPSA) is 43.1 Å². The van der Waals surface area contributed by atoms with E-state index < -0.39 is 0 Å². The van der Waals surface area contributed by atoms with Crippen LogP contribution in [0.25, 0.3) is 104 Å². The van der Waals surface area contributed by atoms with Crippen LogP contribution in [-0.2, 0) is 0 Å². The zero-order chi connectivity index (χ0) is 29.2. The van der Waals surface area contributed by atoms with Gasteiger partial charge in [-0.25, -0.2) is 4.98 Å². The molecule has 45 heavy (non-hydrogen) atoms. The Morgan fingerprint density at radius 1 is 0.444 bits per heavy atom. The van der Waals surface area contributed by atoms with Gasteiger partial charge in [0, 0.05) is 33.9 Å². The summed E-state index contributed by atoms with van der Waals surface area (Å²) < 4.78 is 2.33. The van der Waals surface area contributed by atoms with E-state index in [9.17, 15) is 0 Å². The molecule has 0 fully saturated rings. The van der Waals surface area contributed by atoms with Crippen LogP contribution >= 0.6 is 0 Å². The normalized spacial score (nSPS) is 12.4. The van der Waals surface area contributed by atoms with Crippen molar-refractivity contribution in [1.82, 2.24) is 19.4 Å². The van der Waals surface area contributed by atoms with Crippen LogP contribution in [0.5, 0.6) is 0 Å². The predicted molar refractivity (Wildman–Crippen MR) is 187 cm³/mol. The number of fused-ring (bicyclic) bond motifs is 13. The van der Waals surface area contributed by atoms with E-state index in [-0.39, 0.29) is 0 Å². The van der Waals surface area contributed by atoms with Crippen LogP contribution in [0, 0.1) is 0 Å². The number of pyridine rings is 3. The highest BCUT2D eigenvalue weighted by Crippen LogP contribution is 2.42. The van der Waals surface area contributed by atoms with Crippen molar-refractivity contribution in [2.45, 2.75) is 0 Å². The lowest BCUT2D eigenvalue weighted by molar-refractivity contribution is 1.32. The summed E-state index contributed by atoms with van der Waals surface area (Å²) in [6, 6.07) is 44.0. The maximum atomic E-state index is 5.37. The fraction of sp³-hybridized carbons (Fsp3) is 0. The van der Waals surface area contributed by atoms with Gasteiger partial charge >= 0.3 is 0 Å². The van der Waals surface area contributed by atoms with E-state index in [1.54, 1.807) is 0 Å². The van der Waals surface area contributed by atoms with Crippen molar-refractivity contribution >= 4 is 92.5 Å². The third-order valence-corrected chi connectivity index (χ3v) is 9.76. The highest BCUT2D eigenvalue weighted by Gasteiger charge is 2.20. The molecule has 11 rings (SSSR count). The first-order chi connectivity index (χ1) is 22.3. The van der Waals surface area contributed by atoms with Gasteiger partial charge in [-0.3, -0.25) is 14.4 Å². The molecule has 4 heterocycles. The van der Waals surface area contributed by atoms with E-state index in [2.05, 4.69) is 114 Å². The Balaban J connectivity index is 1.29. The van der Waals surface area contributed by atoms with Gasteiger partial charge in [0.1, 0.15) is 5.65 Å². The van der Waals surface area contributed by atoms with E-state index >= 15 is 0 Å². The van der Waals surface area contributed by atoms with Gasteiger partial charge in [-0.05, 0) is 91.3 Å². The maximum absolute atomic E-state index is 5.37. The number of hydrogen-bond acceptors (Lipinski definition) is 3. The lowest BCUT2D eigenvalue weighted by Gasteiger charge is -2.15. The van der Waals surface area contributed by atoms with Crippen molar-refractivity contribution in [3.63, 3.8) is 0 Å². The Bertz CT molecular complexity index is 3030. The van der Waals surface area contributed by atoms with Crippen molar-refractivity contribution in [2.24, 2.45) is 0 Å². The van der Waals surface area contributed by atoms with Crippen molar-refractivity contribution in [1.29, 1.82) is 0 Å². The largest absolute Gasteiger partial charge is 0.291 e. The molecule has 0 amide bonds. The molecule has 0 atom stereocenters. The summed E-state index contributed by atoms with van der Waals surface area (Å²) in [5.74, 6) is 0. The molecule has 0 bridgehead atoms. The highest BCUT2D eigenvalue weighted by atomic mass is 15.0. The average molecular weight is 571 g/mol. The van der Waals surface area contributed by atoms with Gasteiger partial charge in [0.05, 0.1) is 27.6 Å². The Labute approximate surface area is 256 Å². The average Bonchev–Trinajstić information content (AvgIpc) is 3.52. The van der Waals surface area contributed by atoms with Gasteiger partial charge in [0.25, 0.3) is 0 Å². The van der Waals surface area contributed by atoms with Gasteiger partial charge in [0.15, 0.2) is 0 Å². The quantitative estimate of drug-likeness (QED) is 0.184. The molecule has 4 nitrogen and oxygen atoms in total. The lowest BCUT2D eigenvalue weighted by atomic mass is 9.89. The van der Waals surface area contributed by atoms with Crippen molar-refractivity contribution in [3.05, 3.63) is 134 Å². The summed E-state index contributed by atoms with van der Waals surface area (Å²) >= 11 is 0. The van der Waals surface area contributed by atoms with E-state index in [0.717, 1.165) is 49.4 Å². The monoisotopic (exact) mass is 570 g/mol. The first-order valence-electron chi connectivity index (χ1n) is 15.3. The van der Waals surface area contributed by atoms with Crippen LogP contribution in [0.3, 0.4) is 0 Å². The smallest absolute Gasteiger partial charge is 0.146 e. The molecule has 0 unspecified atom stereocenters. The van der Waals surface area contributed by atoms with Crippen molar-refractivity contribution < 1.29 is 0 Å². The molecule has 11 aromatic rings. The van der Waals surface area contributed by atoms with Crippen molar-refractivity contribution in [3.8, 4) is 11.1 Å². The zero-order valence-electron chi connectivity index (χ0n) is 24.0. The summed E-state index contributed by atoms with van der Waals surface area (Å²) in [4.78, 5) is 14.9. The van der Waals surface area contributed by atoms with Crippen LogP contribution in [-0.4, -0.2) is 19.4 Å². The second-order valence-corrected chi connectivity index (χ2v) is 12.0. The lowest BCUT2D eigenvalue weighted by Crippen LogP contribution is -1.93. The van der Waals surface area contributed by atoms with Crippen LogP contribution in [0.2, 0.25) is 0 Å². The molecule has 0 saturated heterocycles. The Morgan fingerprint density at radius 2 is 1.13 bits per heavy atom. The van der Waals surface area contributed by atoms with Crippen LogP contribution < -0.4 is 0 Å². The number of rotatable bonds is 1. The minimum Gasteiger partial charge on any atom is -0.291 e. The van der Waals surface area contributed by atoms with E-state index in [1.807, 2.05) is 24.5 Å². The molecule has 4 aromatic heterocycles. The van der Waals surface area contributed by atoms with Crippen LogP contribution in [0.1, 0.15) is 0 Å². The summed E-state index contributed by atoms with van der Waals surface area (Å²) in [5, 5.41) is 13.4. The van der Waals surface area contributed by atoms with Gasteiger partial charge in [-0.15, -0.1) is 0 Å². The van der Waals surface area contributed by atoms with E-state index in [1.165, 1.54) is 54.2 Å². The molecule has 206 valence electrons. The molecule has 0 aliphatic rings. The molecule has 0 aliphatic carbocycles. The first kappa shape index (κ1) is 23.3. The molecule has 7 aromatic carbocycles. The van der Waals surface area contributed by atoms with Crippen LogP contribution in [0.15, 0.2) is 134 Å². The Kier molecular flexibility index (Phi) is 4.29. The first-order valence-corrected chi connectivity index (χ1v) is 15.3. The summed E-state index contributed by atoms with van der Waals surface area (Å²) in [7, 11) is 0. The number of nitrogens with zero attached hydrogens (tertiary/aromatic N) is 4. The third kappa shape index (κ3) is 2.93. The summed E-state index contributed by atoms with van der Waals surface area (Å²) in [6.45, 7) is 0. The number of benzene rings is 7. The molecular formula is C41H22N4. The minimum atomic E-state index is 0.883. The standard InChI is InChI=1S/C41H22N4/c1-2-11-34-28(8-1)33-22-26(27-17-14-25-13-12-23-6-3-7-24-15-18-29(27)36(25)35(23)24)16-19-30(33)41-44-39-31-9-4-20-42-37(31)38-32(10-5-21-43-38)40(39)45(34)41/h1-22H. The highest BCUT2D eigenvalue weighted by molar-refractivity contribution is 6.27. The second-order valence-electron chi connectivity index (χ2n) is 12.0. The molecule has 0 spiro atoms. The SMILES string of the molecule is c1cc2ccc3ccc(-c4ccc5c(c4)c4ccccc4n4c5nc5c6cccnc6c6ncccc6c54)c4ccc(c1)c2c34. The second kappa shape index (κ2) is 8.28. The number of hydrogen-bond donors (Lipinski definition) is 0. The summed E-state index contributed by atoms with van der Waals surface area (Å²) in [5.41, 5.74) is 8.33. The molecule has 0 aliphatic heterocycles. The third-order valence-electron chi connectivity index (χ3n) is 9.76. The molecule has 4 heteroatoms. The van der Waals surface area contributed by atoms with Gasteiger partial charge in [0.2, 0.25) is 0 Å². The fourth-order valence-electron chi connectivity index (χ4n) is 7.85. The maximum Gasteiger partial charge on any atom is 0.146 e. The van der Waals surface area contributed by atoms with E-state index in [4.69, 9.17) is 15.0 Å². The van der Waals surface area contributed by atoms with Gasteiger partial charge in [-0.2, -0.15) is 0 Å². The number of aromatic nitrogens is 4. The Hall–Kier alpha value is -6.13. The Morgan fingerprint density at radius 3 is 2.00 bits per heavy atom. The van der Waals surface area contributed by atoms with Gasteiger partial charge < -0.3 is 0 Å². The van der Waals surface area contributed by atoms with E-state index in [0.29, 0.717) is 0 Å². The fourth-order valence-corrected chi connectivity index (χ4v) is 7.85. The van der Waals surface area contributed by atoms with Crippen LogP contribution in [0.4, 0.5) is 0 Å². The number of para-hydroxylation sites is 1. The molecule has 0 radical (unpaired) electrons. The number of imidazole rings is 1. The zero-order valence-corrected chi connectivity index (χ0v) is 24.0. The van der Waals surface area contributed by atoms with Gasteiger partial charge in [-0.1, -0.05) is 78.9 Å².